The molecule has 10 N–H and O–H groups in total. The van der Waals surface area contributed by atoms with Gasteiger partial charge in [-0.1, -0.05) is 45.5 Å². The molecule has 2 unspecified atom stereocenters. The molecule has 1 aliphatic heterocycles. The number of phosphoric acid groups is 3. The summed E-state index contributed by atoms with van der Waals surface area (Å²) in [5.41, 5.74) is 4.26. The summed E-state index contributed by atoms with van der Waals surface area (Å²) in [6, 6.07) is 0. The van der Waals surface area contributed by atoms with Gasteiger partial charge < -0.3 is 50.9 Å². The van der Waals surface area contributed by atoms with Crippen molar-refractivity contribution in [3.63, 3.8) is 0 Å². The number of thioether (sulfide) groups is 1. The van der Waals surface area contributed by atoms with E-state index in [9.17, 15) is 57.9 Å². The van der Waals surface area contributed by atoms with Crippen LogP contribution < -0.4 is 16.4 Å². The second-order valence-electron chi connectivity index (χ2n) is 13.3. The first kappa shape index (κ1) is 47.7. The number of allylic oxidation sites excluding steroid dienone is 1. The number of rotatable bonds is 22. The van der Waals surface area contributed by atoms with Crippen LogP contribution in [-0.4, -0.2) is 123 Å². The van der Waals surface area contributed by atoms with E-state index < -0.39 is 84.6 Å². The Morgan fingerprint density at radius 1 is 1.07 bits per heavy atom. The van der Waals surface area contributed by atoms with E-state index in [0.717, 1.165) is 35.4 Å². The van der Waals surface area contributed by atoms with Gasteiger partial charge in [0.25, 0.3) is 0 Å². The fraction of sp³-hybridized carbons (Fsp3) is 0.643. The Balaban J connectivity index is 1.48. The lowest BCUT2D eigenvalue weighted by molar-refractivity contribution is -0.137. The molecule has 56 heavy (non-hydrogen) atoms. The van der Waals surface area contributed by atoms with Gasteiger partial charge in [-0.15, -0.1) is 0 Å². The van der Waals surface area contributed by atoms with Crippen LogP contribution in [0.5, 0.6) is 0 Å². The second-order valence-corrected chi connectivity index (χ2v) is 18.6. The number of ether oxygens (including phenoxy) is 1. The van der Waals surface area contributed by atoms with E-state index >= 15 is 0 Å². The number of hydrogen-bond acceptors (Lipinski definition) is 18. The van der Waals surface area contributed by atoms with E-state index in [1.54, 1.807) is 6.08 Å². The highest BCUT2D eigenvalue weighted by Gasteiger charge is 2.50. The average molecular weight is 878 g/mol. The number of aromatic nitrogens is 4. The summed E-state index contributed by atoms with van der Waals surface area (Å²) in [5.74, 6) is -0.703. The largest absolute Gasteiger partial charge is 0.481 e. The lowest BCUT2D eigenvalue weighted by atomic mass is 9.87. The molecule has 2 aromatic rings. The van der Waals surface area contributed by atoms with Gasteiger partial charge in [-0.2, -0.15) is 4.31 Å². The number of aliphatic hydroxyl groups excluding tert-OH is 2. The van der Waals surface area contributed by atoms with E-state index in [4.69, 9.17) is 19.5 Å². The molecule has 0 radical (unpaired) electrons. The fourth-order valence-corrected chi connectivity index (χ4v) is 8.19. The van der Waals surface area contributed by atoms with Gasteiger partial charge in [0.1, 0.15) is 36.3 Å². The molecule has 24 nitrogen and oxygen atoms in total. The highest BCUT2D eigenvalue weighted by molar-refractivity contribution is 8.14. The SMILES string of the molecule is CC(C)CC=CC(=O)SCCNC(=O)CCNC(=O)[C@H](O)C(C)(C)COP(=O)(O)OP(=O)(O)OC[C@H]1O[C@@H](n2cnc3c(N)ncnc32)[C@H](O)[C@@H]1OP(=O)(O)O. The summed E-state index contributed by atoms with van der Waals surface area (Å²) in [6.45, 7) is 4.53. The van der Waals surface area contributed by atoms with Crippen molar-refractivity contribution in [3.8, 4) is 0 Å². The smallest absolute Gasteiger partial charge is 0.386 e. The van der Waals surface area contributed by atoms with Crippen molar-refractivity contribution in [3.05, 3.63) is 24.8 Å². The number of anilines is 1. The average Bonchev–Trinajstić information content (AvgIpc) is 3.64. The highest BCUT2D eigenvalue weighted by atomic mass is 32.2. The molecule has 7 atom stereocenters. The van der Waals surface area contributed by atoms with E-state index in [1.807, 2.05) is 13.8 Å². The Labute approximate surface area is 324 Å². The van der Waals surface area contributed by atoms with E-state index in [-0.39, 0.29) is 41.6 Å². The molecule has 3 rings (SSSR count). The Hall–Kier alpha value is -2.70. The van der Waals surface area contributed by atoms with Crippen molar-refractivity contribution in [2.75, 3.05) is 37.8 Å². The maximum Gasteiger partial charge on any atom is 0.481 e. The third-order valence-electron chi connectivity index (χ3n) is 7.61. The van der Waals surface area contributed by atoms with Gasteiger partial charge in [0.15, 0.2) is 17.7 Å². The number of carbonyl (C=O) groups is 3. The van der Waals surface area contributed by atoms with Crippen LogP contribution in [-0.2, 0) is 50.7 Å². The van der Waals surface area contributed by atoms with Gasteiger partial charge in [-0.3, -0.25) is 32.5 Å². The van der Waals surface area contributed by atoms with Crippen molar-refractivity contribution >= 4 is 69.1 Å². The molecular formula is C28H46N7O17P3S. The van der Waals surface area contributed by atoms with Gasteiger partial charge in [-0.05, 0) is 18.4 Å². The van der Waals surface area contributed by atoms with E-state index in [0.29, 0.717) is 11.7 Å². The molecule has 1 aliphatic rings. The van der Waals surface area contributed by atoms with E-state index in [2.05, 4.69) is 34.4 Å². The molecule has 0 aliphatic carbocycles. The standard InChI is InChI=1S/C28H46N7O17P3S/c1-16(2)6-5-7-19(37)56-11-10-30-18(36)8-9-31-26(40)23(39)28(3,4)13-49-55(46,47)52-54(44,45)48-12-17-22(51-53(41,42)43)21(38)27(50-17)35-15-34-20-24(29)32-14-33-25(20)35/h5,7,14-17,21-23,27,38-39H,6,8-13H2,1-4H3,(H,30,36)(H,31,40)(H,44,45)(H,46,47)(H2,29,32,33)(H2,41,42,43)/t17-,21-,22-,23+,27-/m1/s1. The van der Waals surface area contributed by atoms with Crippen molar-refractivity contribution in [2.45, 2.75) is 71.2 Å². The molecular weight excluding hydrogens is 831 g/mol. The van der Waals surface area contributed by atoms with E-state index in [1.165, 1.54) is 19.9 Å². The Bertz CT molecular complexity index is 1860. The van der Waals surface area contributed by atoms with Crippen LogP contribution in [0.15, 0.2) is 24.8 Å². The molecule has 316 valence electrons. The van der Waals surface area contributed by atoms with Crippen LogP contribution in [0.25, 0.3) is 11.2 Å². The lowest BCUT2D eigenvalue weighted by Gasteiger charge is -2.30. The van der Waals surface area contributed by atoms with Crippen molar-refractivity contribution < 1.29 is 80.5 Å². The van der Waals surface area contributed by atoms with Crippen molar-refractivity contribution in [1.29, 1.82) is 0 Å². The molecule has 2 aromatic heterocycles. The van der Waals surface area contributed by atoms with Gasteiger partial charge in [0, 0.05) is 30.7 Å². The summed E-state index contributed by atoms with van der Waals surface area (Å²) in [7, 11) is -16.4. The molecule has 0 spiro atoms. The van der Waals surface area contributed by atoms with Crippen LogP contribution in [0.2, 0.25) is 0 Å². The van der Waals surface area contributed by atoms with Crippen LogP contribution >= 0.6 is 35.2 Å². The fourth-order valence-electron chi connectivity index (χ4n) is 4.77. The molecule has 28 heteroatoms. The van der Waals surface area contributed by atoms with Gasteiger partial charge in [0.2, 0.25) is 16.9 Å². The summed E-state index contributed by atoms with van der Waals surface area (Å²) < 4.78 is 62.1. The maximum atomic E-state index is 12.7. The van der Waals surface area contributed by atoms with Crippen LogP contribution in [0.3, 0.4) is 0 Å². The number of phosphoric ester groups is 3. The number of nitrogens with one attached hydrogen (secondary N) is 2. The first-order valence-corrected chi connectivity index (χ1v) is 22.1. The quantitative estimate of drug-likeness (QED) is 0.0435. The number of aliphatic hydroxyl groups is 2. The normalized spacial score (nSPS) is 21.9. The predicted octanol–water partition coefficient (Wildman–Crippen LogP) is 0.267. The lowest BCUT2D eigenvalue weighted by Crippen LogP contribution is -2.46. The number of nitrogen functional groups attached to an aromatic ring is 1. The highest BCUT2D eigenvalue weighted by Crippen LogP contribution is 2.61. The number of fused-ring (bicyclic) bond motifs is 1. The van der Waals surface area contributed by atoms with Crippen LogP contribution in [0, 0.1) is 11.3 Å². The zero-order valence-electron chi connectivity index (χ0n) is 30.5. The predicted molar refractivity (Wildman–Crippen MR) is 196 cm³/mol. The summed E-state index contributed by atoms with van der Waals surface area (Å²) in [6.07, 6.45) is -2.88. The van der Waals surface area contributed by atoms with Crippen molar-refractivity contribution in [2.24, 2.45) is 11.3 Å². The molecule has 1 saturated heterocycles. The van der Waals surface area contributed by atoms with Crippen molar-refractivity contribution in [1.82, 2.24) is 30.2 Å². The molecule has 3 heterocycles. The number of nitrogens with zero attached hydrogens (tertiary/aromatic N) is 4. The number of amides is 2. The van der Waals surface area contributed by atoms with Crippen LogP contribution in [0.4, 0.5) is 5.82 Å². The summed E-state index contributed by atoms with van der Waals surface area (Å²) in [4.78, 5) is 87.4. The van der Waals surface area contributed by atoms with Crippen LogP contribution in [0.1, 0.15) is 46.8 Å². The van der Waals surface area contributed by atoms with Gasteiger partial charge in [-0.25, -0.2) is 28.6 Å². The Morgan fingerprint density at radius 2 is 1.75 bits per heavy atom. The number of carbonyl (C=O) groups excluding carboxylic acids is 3. The first-order chi connectivity index (χ1) is 25.9. The maximum absolute atomic E-state index is 12.7. The minimum absolute atomic E-state index is 0.0304. The second kappa shape index (κ2) is 20.3. The Morgan fingerprint density at radius 3 is 2.41 bits per heavy atom. The number of imidazole rings is 1. The van der Waals surface area contributed by atoms with Gasteiger partial charge >= 0.3 is 23.5 Å². The minimum atomic E-state index is -5.57. The monoisotopic (exact) mass is 877 g/mol. The zero-order valence-corrected chi connectivity index (χ0v) is 34.0. The zero-order chi connectivity index (χ0) is 42.1. The molecule has 0 saturated carbocycles. The molecule has 0 aromatic carbocycles. The van der Waals surface area contributed by atoms with Gasteiger partial charge in [0.05, 0.1) is 19.5 Å². The number of hydrogen-bond donors (Lipinski definition) is 9. The number of nitrogens with two attached hydrogens (primary N) is 1. The molecule has 0 bridgehead atoms. The summed E-state index contributed by atoms with van der Waals surface area (Å²) >= 11 is 1.04. The molecule has 1 fully saturated rings. The molecule has 2 amide bonds. The topological polar surface area (TPSA) is 364 Å². The minimum Gasteiger partial charge on any atom is -0.386 e. The third kappa shape index (κ3) is 14.9. The Kier molecular flexibility index (Phi) is 17.3. The summed E-state index contributed by atoms with van der Waals surface area (Å²) in [5, 5.41) is 26.2. The first-order valence-electron chi connectivity index (χ1n) is 16.6. The third-order valence-corrected chi connectivity index (χ3v) is 11.5.